The molecule has 5 heteroatoms. The van der Waals surface area contributed by atoms with Gasteiger partial charge >= 0.3 is 0 Å². The van der Waals surface area contributed by atoms with E-state index in [4.69, 9.17) is 5.73 Å². The predicted octanol–water partition coefficient (Wildman–Crippen LogP) is 0.00370. The molecule has 0 bridgehead atoms. The highest BCUT2D eigenvalue weighted by Gasteiger charge is 2.27. The Balaban J connectivity index is 2.02. The summed E-state index contributed by atoms with van der Waals surface area (Å²) in [5.74, 6) is 0.103. The van der Waals surface area contributed by atoms with Crippen molar-refractivity contribution in [1.29, 1.82) is 0 Å². The lowest BCUT2D eigenvalue weighted by Crippen LogP contribution is -2.36. The minimum atomic E-state index is -0.231. The smallest absolute Gasteiger partial charge is 0.247 e. The van der Waals surface area contributed by atoms with Crippen molar-refractivity contribution in [3.63, 3.8) is 0 Å². The molecule has 0 spiro atoms. The highest BCUT2D eigenvalue weighted by atomic mass is 16.2. The molecule has 0 radical (unpaired) electrons. The third-order valence-electron chi connectivity index (χ3n) is 2.82. The molecule has 15 heavy (non-hydrogen) atoms. The Bertz CT molecular complexity index is 335. The Morgan fingerprint density at radius 1 is 1.67 bits per heavy atom. The predicted molar refractivity (Wildman–Crippen MR) is 56.1 cm³/mol. The molecule has 2 heterocycles. The second-order valence-corrected chi connectivity index (χ2v) is 4.00. The largest absolute Gasteiger partial charge is 0.339 e. The highest BCUT2D eigenvalue weighted by molar-refractivity contribution is 5.80. The summed E-state index contributed by atoms with van der Waals surface area (Å²) < 4.78 is 1.67. The molecule has 5 nitrogen and oxygen atoms in total. The third-order valence-corrected chi connectivity index (χ3v) is 2.82. The lowest BCUT2D eigenvalue weighted by molar-refractivity contribution is -0.133. The van der Waals surface area contributed by atoms with Crippen LogP contribution in [0.4, 0.5) is 0 Å². The number of rotatable bonds is 2. The van der Waals surface area contributed by atoms with E-state index in [9.17, 15) is 4.79 Å². The van der Waals surface area contributed by atoms with E-state index < -0.39 is 0 Å². The standard InChI is InChI=1S/C10H16N4O/c1-8(14-5-2-4-12-14)10(15)13-6-3-9(11)7-13/h2,4-5,8-9H,3,6-7,11H2,1H3/t8-,9-/m0/s1. The Morgan fingerprint density at radius 2 is 2.47 bits per heavy atom. The number of likely N-dealkylation sites (tertiary alicyclic amines) is 1. The fourth-order valence-electron chi connectivity index (χ4n) is 1.87. The van der Waals surface area contributed by atoms with E-state index in [1.165, 1.54) is 0 Å². The molecule has 1 aromatic rings. The van der Waals surface area contributed by atoms with Crippen molar-refractivity contribution < 1.29 is 4.79 Å². The summed E-state index contributed by atoms with van der Waals surface area (Å²) in [5, 5.41) is 4.07. The van der Waals surface area contributed by atoms with E-state index in [1.54, 1.807) is 17.1 Å². The van der Waals surface area contributed by atoms with E-state index >= 15 is 0 Å². The van der Waals surface area contributed by atoms with Crippen LogP contribution < -0.4 is 5.73 Å². The van der Waals surface area contributed by atoms with E-state index in [2.05, 4.69) is 5.10 Å². The van der Waals surface area contributed by atoms with Crippen LogP contribution in [-0.2, 0) is 4.79 Å². The minimum absolute atomic E-state index is 0.103. The van der Waals surface area contributed by atoms with Crippen LogP contribution in [0.25, 0.3) is 0 Å². The summed E-state index contributed by atoms with van der Waals surface area (Å²) in [6.45, 7) is 3.30. The first-order valence-corrected chi connectivity index (χ1v) is 5.22. The first-order valence-electron chi connectivity index (χ1n) is 5.22. The van der Waals surface area contributed by atoms with E-state index in [0.29, 0.717) is 6.54 Å². The summed E-state index contributed by atoms with van der Waals surface area (Å²) >= 11 is 0. The molecule has 1 aliphatic rings. The fraction of sp³-hybridized carbons (Fsp3) is 0.600. The van der Waals surface area contributed by atoms with Gasteiger partial charge in [0.05, 0.1) is 0 Å². The molecule has 0 aliphatic carbocycles. The van der Waals surface area contributed by atoms with Gasteiger partial charge in [-0.2, -0.15) is 5.10 Å². The maximum absolute atomic E-state index is 12.0. The Labute approximate surface area is 88.8 Å². The van der Waals surface area contributed by atoms with Gasteiger partial charge < -0.3 is 10.6 Å². The molecular formula is C10H16N4O. The lowest BCUT2D eigenvalue weighted by atomic mass is 10.3. The number of hydrogen-bond donors (Lipinski definition) is 1. The summed E-state index contributed by atoms with van der Waals surface area (Å²) in [7, 11) is 0. The van der Waals surface area contributed by atoms with Crippen LogP contribution in [0, 0.1) is 0 Å². The van der Waals surface area contributed by atoms with Gasteiger partial charge in [-0.05, 0) is 19.4 Å². The Kier molecular flexibility index (Phi) is 2.73. The maximum atomic E-state index is 12.0. The van der Waals surface area contributed by atoms with Crippen LogP contribution in [0.3, 0.4) is 0 Å². The zero-order valence-corrected chi connectivity index (χ0v) is 8.84. The van der Waals surface area contributed by atoms with Crippen LogP contribution in [0.5, 0.6) is 0 Å². The number of aromatic nitrogens is 2. The van der Waals surface area contributed by atoms with Crippen molar-refractivity contribution in [3.8, 4) is 0 Å². The summed E-state index contributed by atoms with van der Waals surface area (Å²) in [4.78, 5) is 13.8. The fourth-order valence-corrected chi connectivity index (χ4v) is 1.87. The molecule has 2 rings (SSSR count). The first-order chi connectivity index (χ1) is 7.18. The third kappa shape index (κ3) is 2.02. The average Bonchev–Trinajstić information content (AvgIpc) is 2.85. The van der Waals surface area contributed by atoms with Gasteiger partial charge in [-0.15, -0.1) is 0 Å². The Hall–Kier alpha value is -1.36. The van der Waals surface area contributed by atoms with Crippen molar-refractivity contribution in [2.45, 2.75) is 25.4 Å². The van der Waals surface area contributed by atoms with Gasteiger partial charge in [-0.1, -0.05) is 0 Å². The van der Waals surface area contributed by atoms with Gasteiger partial charge in [-0.25, -0.2) is 0 Å². The number of hydrogen-bond acceptors (Lipinski definition) is 3. The summed E-state index contributed by atoms with van der Waals surface area (Å²) in [5.41, 5.74) is 5.77. The number of amides is 1. The van der Waals surface area contributed by atoms with Crippen LogP contribution in [-0.4, -0.2) is 39.7 Å². The zero-order valence-electron chi connectivity index (χ0n) is 8.84. The van der Waals surface area contributed by atoms with Gasteiger partial charge in [0.15, 0.2) is 0 Å². The molecule has 0 saturated carbocycles. The quantitative estimate of drug-likeness (QED) is 0.744. The number of nitrogens with zero attached hydrogens (tertiary/aromatic N) is 3. The van der Waals surface area contributed by atoms with E-state index in [1.807, 2.05) is 17.9 Å². The first kappa shape index (κ1) is 10.2. The number of nitrogens with two attached hydrogens (primary N) is 1. The molecule has 1 amide bonds. The topological polar surface area (TPSA) is 64.2 Å². The highest BCUT2D eigenvalue weighted by Crippen LogP contribution is 2.14. The zero-order chi connectivity index (χ0) is 10.8. The van der Waals surface area contributed by atoms with Gasteiger partial charge in [0.2, 0.25) is 5.91 Å². The van der Waals surface area contributed by atoms with Gasteiger partial charge in [-0.3, -0.25) is 9.48 Å². The number of carbonyl (C=O) groups is 1. The van der Waals surface area contributed by atoms with Crippen molar-refractivity contribution >= 4 is 5.91 Å². The van der Waals surface area contributed by atoms with Crippen LogP contribution >= 0.6 is 0 Å². The van der Waals surface area contributed by atoms with Gasteiger partial charge in [0.1, 0.15) is 6.04 Å². The van der Waals surface area contributed by atoms with Gasteiger partial charge in [0.25, 0.3) is 0 Å². The molecule has 1 saturated heterocycles. The summed E-state index contributed by atoms with van der Waals surface area (Å²) in [6.07, 6.45) is 4.38. The monoisotopic (exact) mass is 208 g/mol. The van der Waals surface area contributed by atoms with E-state index in [0.717, 1.165) is 13.0 Å². The molecule has 0 unspecified atom stereocenters. The lowest BCUT2D eigenvalue weighted by Gasteiger charge is -2.20. The molecule has 82 valence electrons. The normalized spacial score (nSPS) is 23.1. The van der Waals surface area contributed by atoms with Gasteiger partial charge in [0, 0.05) is 31.5 Å². The second kappa shape index (κ2) is 4.02. The van der Waals surface area contributed by atoms with Crippen molar-refractivity contribution in [2.24, 2.45) is 5.73 Å². The molecule has 1 aromatic heterocycles. The average molecular weight is 208 g/mol. The molecular weight excluding hydrogens is 192 g/mol. The summed E-state index contributed by atoms with van der Waals surface area (Å²) in [6, 6.07) is 1.73. The van der Waals surface area contributed by atoms with E-state index in [-0.39, 0.29) is 18.0 Å². The molecule has 2 atom stereocenters. The molecule has 1 aliphatic heterocycles. The Morgan fingerprint density at radius 3 is 3.00 bits per heavy atom. The maximum Gasteiger partial charge on any atom is 0.247 e. The SMILES string of the molecule is C[C@@H](C(=O)N1CC[C@H](N)C1)n1cccn1. The minimum Gasteiger partial charge on any atom is -0.339 e. The molecule has 1 fully saturated rings. The van der Waals surface area contributed by atoms with Crippen LogP contribution in [0.15, 0.2) is 18.5 Å². The van der Waals surface area contributed by atoms with Crippen molar-refractivity contribution in [3.05, 3.63) is 18.5 Å². The second-order valence-electron chi connectivity index (χ2n) is 4.00. The number of carbonyl (C=O) groups excluding carboxylic acids is 1. The van der Waals surface area contributed by atoms with Crippen LogP contribution in [0.1, 0.15) is 19.4 Å². The molecule has 0 aromatic carbocycles. The van der Waals surface area contributed by atoms with Crippen molar-refractivity contribution in [1.82, 2.24) is 14.7 Å². The molecule has 2 N–H and O–H groups in total. The van der Waals surface area contributed by atoms with Crippen molar-refractivity contribution in [2.75, 3.05) is 13.1 Å². The van der Waals surface area contributed by atoms with Crippen LogP contribution in [0.2, 0.25) is 0 Å².